The van der Waals surface area contributed by atoms with Gasteiger partial charge in [-0.1, -0.05) is 17.7 Å². The van der Waals surface area contributed by atoms with Gasteiger partial charge < -0.3 is 14.7 Å². The van der Waals surface area contributed by atoms with Crippen LogP contribution >= 0.6 is 34.8 Å². The Morgan fingerprint density at radius 3 is 2.54 bits per heavy atom. The summed E-state index contributed by atoms with van der Waals surface area (Å²) in [6.45, 7) is 1.87. The SMILES string of the molecule is COc1cc(/C=N/NC(N)=S)cc(I)c1OS(=O)(=O)c1ccc(C)cc1. The quantitative estimate of drug-likeness (QED) is 0.205. The van der Waals surface area contributed by atoms with Crippen LogP contribution in [-0.4, -0.2) is 26.9 Å². The highest BCUT2D eigenvalue weighted by molar-refractivity contribution is 14.1. The number of hydrazone groups is 1. The lowest BCUT2D eigenvalue weighted by atomic mass is 10.2. The van der Waals surface area contributed by atoms with Gasteiger partial charge in [0.25, 0.3) is 0 Å². The third kappa shape index (κ3) is 5.29. The van der Waals surface area contributed by atoms with Crippen molar-refractivity contribution in [1.29, 1.82) is 0 Å². The van der Waals surface area contributed by atoms with E-state index in [0.29, 0.717) is 9.13 Å². The zero-order valence-electron chi connectivity index (χ0n) is 13.9. The van der Waals surface area contributed by atoms with Crippen LogP contribution in [0.3, 0.4) is 0 Å². The van der Waals surface area contributed by atoms with Crippen LogP contribution in [-0.2, 0) is 10.1 Å². The largest absolute Gasteiger partial charge is 0.493 e. The van der Waals surface area contributed by atoms with Crippen LogP contribution in [0.15, 0.2) is 46.4 Å². The molecule has 0 spiro atoms. The number of hydrogen-bond donors (Lipinski definition) is 2. The maximum Gasteiger partial charge on any atom is 0.339 e. The van der Waals surface area contributed by atoms with Crippen LogP contribution in [0.25, 0.3) is 0 Å². The first-order chi connectivity index (χ1) is 12.2. The van der Waals surface area contributed by atoms with Crippen LogP contribution in [0.1, 0.15) is 11.1 Å². The van der Waals surface area contributed by atoms with E-state index >= 15 is 0 Å². The number of methoxy groups -OCH3 is 1. The number of aryl methyl sites for hydroxylation is 1. The number of nitrogens with one attached hydrogen (secondary N) is 1. The Kier molecular flexibility index (Phi) is 6.78. The number of benzene rings is 2. The minimum Gasteiger partial charge on any atom is -0.493 e. The molecule has 0 amide bonds. The molecule has 2 aromatic carbocycles. The van der Waals surface area contributed by atoms with Gasteiger partial charge in [-0.2, -0.15) is 13.5 Å². The van der Waals surface area contributed by atoms with Crippen LogP contribution in [0.5, 0.6) is 11.5 Å². The normalized spacial score (nSPS) is 11.3. The Balaban J connectivity index is 2.35. The van der Waals surface area contributed by atoms with Crippen molar-refractivity contribution < 1.29 is 17.3 Å². The molecule has 0 aromatic heterocycles. The highest BCUT2D eigenvalue weighted by Gasteiger charge is 2.21. The smallest absolute Gasteiger partial charge is 0.339 e. The van der Waals surface area contributed by atoms with Crippen molar-refractivity contribution in [1.82, 2.24) is 5.43 Å². The van der Waals surface area contributed by atoms with Crippen LogP contribution in [0.2, 0.25) is 0 Å². The Morgan fingerprint density at radius 2 is 1.96 bits per heavy atom. The van der Waals surface area contributed by atoms with Crippen molar-refractivity contribution in [3.05, 3.63) is 51.1 Å². The second kappa shape index (κ2) is 8.64. The number of ether oxygens (including phenoxy) is 1. The van der Waals surface area contributed by atoms with Crippen molar-refractivity contribution in [2.75, 3.05) is 7.11 Å². The predicted molar refractivity (Wildman–Crippen MR) is 112 cm³/mol. The summed E-state index contributed by atoms with van der Waals surface area (Å²) >= 11 is 6.62. The molecule has 26 heavy (non-hydrogen) atoms. The molecule has 0 aliphatic rings. The van der Waals surface area contributed by atoms with E-state index in [1.54, 1.807) is 24.3 Å². The average molecular weight is 505 g/mol. The average Bonchev–Trinajstić information content (AvgIpc) is 2.57. The van der Waals surface area contributed by atoms with Crippen LogP contribution < -0.4 is 20.1 Å². The predicted octanol–water partition coefficient (Wildman–Crippen LogP) is 2.54. The standard InChI is InChI=1S/C16H16IN3O4S2/c1-10-3-5-12(6-4-10)26(21,22)24-15-13(17)7-11(8-14(15)23-2)9-19-20-16(18)25/h3-9H,1-2H3,(H3,18,20,25)/b19-9+. The van der Waals surface area contributed by atoms with E-state index < -0.39 is 10.1 Å². The summed E-state index contributed by atoms with van der Waals surface area (Å²) in [7, 11) is -2.57. The van der Waals surface area contributed by atoms with E-state index in [1.165, 1.54) is 25.5 Å². The zero-order chi connectivity index (χ0) is 19.3. The molecule has 0 unspecified atom stereocenters. The minimum absolute atomic E-state index is 0.0343. The van der Waals surface area contributed by atoms with Gasteiger partial charge in [-0.05, 0) is 71.6 Å². The lowest BCUT2D eigenvalue weighted by Crippen LogP contribution is -2.24. The highest BCUT2D eigenvalue weighted by atomic mass is 127. The van der Waals surface area contributed by atoms with Gasteiger partial charge in [-0.15, -0.1) is 0 Å². The van der Waals surface area contributed by atoms with Crippen LogP contribution in [0.4, 0.5) is 0 Å². The molecular formula is C16H16IN3O4S2. The van der Waals surface area contributed by atoms with Gasteiger partial charge in [-0.25, -0.2) is 0 Å². The number of thiocarbonyl (C=S) groups is 1. The molecule has 2 rings (SSSR count). The lowest BCUT2D eigenvalue weighted by Gasteiger charge is -2.13. The van der Waals surface area contributed by atoms with Gasteiger partial charge in [0.15, 0.2) is 16.6 Å². The molecule has 7 nitrogen and oxygen atoms in total. The molecule has 0 atom stereocenters. The van der Waals surface area contributed by atoms with Crippen molar-refractivity contribution >= 4 is 56.3 Å². The molecule has 3 N–H and O–H groups in total. The number of nitrogens with zero attached hydrogens (tertiary/aromatic N) is 1. The van der Waals surface area contributed by atoms with E-state index in [4.69, 9.17) is 14.7 Å². The Bertz CT molecular complexity index is 945. The molecule has 0 radical (unpaired) electrons. The topological polar surface area (TPSA) is 103 Å². The van der Waals surface area contributed by atoms with E-state index in [1.807, 2.05) is 29.5 Å². The first-order valence-electron chi connectivity index (χ1n) is 7.20. The van der Waals surface area contributed by atoms with Crippen molar-refractivity contribution in [2.45, 2.75) is 11.8 Å². The second-order valence-corrected chi connectivity index (χ2v) is 8.27. The maximum absolute atomic E-state index is 12.5. The number of halogens is 1. The molecule has 0 aliphatic carbocycles. The molecular weight excluding hydrogens is 489 g/mol. The molecule has 2 aromatic rings. The lowest BCUT2D eigenvalue weighted by molar-refractivity contribution is 0.389. The summed E-state index contributed by atoms with van der Waals surface area (Å²) in [5.74, 6) is 0.359. The summed E-state index contributed by atoms with van der Waals surface area (Å²) < 4.78 is 36.2. The summed E-state index contributed by atoms with van der Waals surface area (Å²) in [6, 6.07) is 9.67. The number of nitrogens with two attached hydrogens (primary N) is 1. The molecule has 10 heteroatoms. The number of rotatable bonds is 6. The molecule has 0 fully saturated rings. The Hall–Kier alpha value is -1.92. The van der Waals surface area contributed by atoms with Gasteiger partial charge in [-0.3, -0.25) is 5.43 Å². The third-order valence-electron chi connectivity index (χ3n) is 3.14. The Labute approximate surface area is 170 Å². The van der Waals surface area contributed by atoms with Gasteiger partial charge in [0, 0.05) is 0 Å². The van der Waals surface area contributed by atoms with E-state index in [2.05, 4.69) is 22.7 Å². The fourth-order valence-corrected chi connectivity index (χ4v) is 3.82. The summed E-state index contributed by atoms with van der Waals surface area (Å²) in [4.78, 5) is 0.0623. The molecule has 0 saturated heterocycles. The van der Waals surface area contributed by atoms with E-state index in [-0.39, 0.29) is 21.5 Å². The van der Waals surface area contributed by atoms with Crippen molar-refractivity contribution in [3.63, 3.8) is 0 Å². The summed E-state index contributed by atoms with van der Waals surface area (Å²) in [5, 5.41) is 3.89. The van der Waals surface area contributed by atoms with Crippen molar-refractivity contribution in [2.24, 2.45) is 10.8 Å². The number of hydrogen-bond acceptors (Lipinski definition) is 6. The summed E-state index contributed by atoms with van der Waals surface area (Å²) in [6.07, 6.45) is 1.47. The highest BCUT2D eigenvalue weighted by Crippen LogP contribution is 2.35. The summed E-state index contributed by atoms with van der Waals surface area (Å²) in [5.41, 5.74) is 9.33. The molecule has 138 valence electrons. The zero-order valence-corrected chi connectivity index (χ0v) is 17.7. The fourth-order valence-electron chi connectivity index (χ4n) is 1.93. The first-order valence-corrected chi connectivity index (χ1v) is 10.1. The Morgan fingerprint density at radius 1 is 1.31 bits per heavy atom. The van der Waals surface area contributed by atoms with Gasteiger partial charge in [0.2, 0.25) is 0 Å². The monoisotopic (exact) mass is 505 g/mol. The second-order valence-electron chi connectivity index (χ2n) is 5.12. The minimum atomic E-state index is -3.99. The van der Waals surface area contributed by atoms with Gasteiger partial charge in [0.05, 0.1) is 16.9 Å². The maximum atomic E-state index is 12.5. The first kappa shape index (κ1) is 20.4. The fraction of sp³-hybridized carbons (Fsp3) is 0.125. The van der Waals surface area contributed by atoms with E-state index in [0.717, 1.165) is 5.56 Å². The molecule has 0 aliphatic heterocycles. The van der Waals surface area contributed by atoms with Gasteiger partial charge in [0.1, 0.15) is 4.90 Å². The van der Waals surface area contributed by atoms with Crippen LogP contribution in [0, 0.1) is 10.5 Å². The van der Waals surface area contributed by atoms with Gasteiger partial charge >= 0.3 is 10.1 Å². The molecule has 0 bridgehead atoms. The molecule has 0 heterocycles. The van der Waals surface area contributed by atoms with Crippen molar-refractivity contribution in [3.8, 4) is 11.5 Å². The van der Waals surface area contributed by atoms with E-state index in [9.17, 15) is 8.42 Å². The molecule has 0 saturated carbocycles. The third-order valence-corrected chi connectivity index (χ3v) is 5.27.